The van der Waals surface area contributed by atoms with Gasteiger partial charge in [0.25, 0.3) is 17.8 Å². The van der Waals surface area contributed by atoms with Crippen molar-refractivity contribution in [1.82, 2.24) is 15.2 Å². The van der Waals surface area contributed by atoms with Crippen molar-refractivity contribution in [3.05, 3.63) is 22.3 Å². The van der Waals surface area contributed by atoms with Crippen molar-refractivity contribution in [2.45, 2.75) is 50.3 Å². The molecule has 15 nitrogen and oxygen atoms in total. The van der Waals surface area contributed by atoms with E-state index in [-0.39, 0.29) is 28.6 Å². The van der Waals surface area contributed by atoms with E-state index in [2.05, 4.69) is 25.4 Å². The average molecular weight is 719 g/mol. The summed E-state index contributed by atoms with van der Waals surface area (Å²) in [5, 5.41) is 8.85. The Hall–Kier alpha value is -3.20. The number of carbonyl (C=O) groups excluding carboxylic acids is 6. The third-order valence-corrected chi connectivity index (χ3v) is 8.64. The van der Waals surface area contributed by atoms with Gasteiger partial charge in [-0.25, -0.2) is 9.78 Å². The van der Waals surface area contributed by atoms with E-state index < -0.39 is 69.9 Å². The number of hydrogen-bond donors (Lipinski definition) is 2. The number of halogens is 1. The molecule has 0 aromatic carbocycles. The fraction of sp³-hybridized carbons (Fsp3) is 0.455. The number of ether oxygens (including phenoxy) is 1. The standard InChI is InChI=1S/C22H23BIN5O10S2/c1-22(2,3)37-21(35)27-20-25-12(8-40-20)15(28-39-11(6-30)4-14(32)38-23)17(33)26-16-18(34)29-13(7-31)10(5-24)9-41(36)19(16)29/h6-8,11,16,19H,4-5,9H2,1-3H3,(H,26,33)(H,25,27,35)/b28-15-/t11-,16+,19+,41?/m0/s1. The van der Waals surface area contributed by atoms with E-state index in [1.165, 1.54) is 5.38 Å². The maximum Gasteiger partial charge on any atom is 0.413 e. The molecule has 2 N–H and O–H groups in total. The number of aldehydes is 2. The van der Waals surface area contributed by atoms with E-state index in [1.807, 2.05) is 22.6 Å². The number of β-lactam (4-membered cyclic amide) rings is 1. The van der Waals surface area contributed by atoms with Crippen LogP contribution in [-0.4, -0.2) is 97.6 Å². The van der Waals surface area contributed by atoms with E-state index in [1.54, 1.807) is 20.8 Å². The van der Waals surface area contributed by atoms with Gasteiger partial charge in [0, 0.05) is 15.6 Å². The zero-order valence-corrected chi connectivity index (χ0v) is 25.6. The molecule has 2 aliphatic rings. The first kappa shape index (κ1) is 32.3. The molecule has 0 spiro atoms. The summed E-state index contributed by atoms with van der Waals surface area (Å²) in [4.78, 5) is 83.0. The number of nitrogens with one attached hydrogen (secondary N) is 2. The van der Waals surface area contributed by atoms with Crippen molar-refractivity contribution >= 4 is 100 Å². The van der Waals surface area contributed by atoms with Crippen molar-refractivity contribution in [1.29, 1.82) is 0 Å². The van der Waals surface area contributed by atoms with Gasteiger partial charge < -0.3 is 19.5 Å². The molecule has 3 heterocycles. The van der Waals surface area contributed by atoms with Crippen LogP contribution in [0.3, 0.4) is 0 Å². The quantitative estimate of drug-likeness (QED) is 0.0598. The highest BCUT2D eigenvalue weighted by molar-refractivity contribution is 14.1. The van der Waals surface area contributed by atoms with Crippen LogP contribution in [0.15, 0.2) is 21.8 Å². The Morgan fingerprint density at radius 2 is 2.07 bits per heavy atom. The third-order valence-electron chi connectivity index (χ3n) is 5.31. The predicted molar refractivity (Wildman–Crippen MR) is 153 cm³/mol. The third kappa shape index (κ3) is 7.76. The minimum absolute atomic E-state index is 0.0137. The normalized spacial score (nSPS) is 21.2. The van der Waals surface area contributed by atoms with E-state index in [0.717, 1.165) is 16.2 Å². The number of allylic oxidation sites excluding steroid dienone is 1. The molecule has 1 unspecified atom stereocenters. The lowest BCUT2D eigenvalue weighted by Gasteiger charge is -2.48. The molecule has 19 heteroatoms. The molecule has 218 valence electrons. The Balaban J connectivity index is 1.86. The summed E-state index contributed by atoms with van der Waals surface area (Å²) in [5.74, 6) is -2.63. The second-order valence-corrected chi connectivity index (χ2v) is 12.5. The fourth-order valence-corrected chi connectivity index (χ4v) is 6.97. The van der Waals surface area contributed by atoms with E-state index in [0.29, 0.717) is 16.3 Å². The summed E-state index contributed by atoms with van der Waals surface area (Å²) < 4.78 is 22.4. The molecular formula is C22H23BIN5O10S2. The monoisotopic (exact) mass is 719 g/mol. The number of hydrogen-bond acceptors (Lipinski definition) is 13. The van der Waals surface area contributed by atoms with Crippen molar-refractivity contribution in [2.24, 2.45) is 5.16 Å². The number of rotatable bonds is 11. The number of amides is 3. The molecule has 2 radical (unpaired) electrons. The van der Waals surface area contributed by atoms with Crippen LogP contribution in [-0.2, 0) is 49.0 Å². The summed E-state index contributed by atoms with van der Waals surface area (Å²) in [7, 11) is 3.16. The second kappa shape index (κ2) is 13.6. The van der Waals surface area contributed by atoms with Crippen molar-refractivity contribution in [3.8, 4) is 0 Å². The first-order valence-corrected chi connectivity index (χ1v) is 15.4. The molecule has 3 rings (SSSR count). The smallest absolute Gasteiger partial charge is 0.413 e. The Morgan fingerprint density at radius 3 is 2.66 bits per heavy atom. The summed E-state index contributed by atoms with van der Waals surface area (Å²) in [5.41, 5.74) is -0.822. The second-order valence-electron chi connectivity index (χ2n) is 9.39. The molecule has 1 aromatic rings. The van der Waals surface area contributed by atoms with E-state index >= 15 is 0 Å². The van der Waals surface area contributed by atoms with Crippen molar-refractivity contribution in [2.75, 3.05) is 15.5 Å². The molecular weight excluding hydrogens is 696 g/mol. The van der Waals surface area contributed by atoms with Gasteiger partial charge in [0.1, 0.15) is 22.7 Å². The van der Waals surface area contributed by atoms with Crippen LogP contribution in [0.4, 0.5) is 9.93 Å². The van der Waals surface area contributed by atoms with Gasteiger partial charge in [-0.2, -0.15) is 0 Å². The van der Waals surface area contributed by atoms with Crippen LogP contribution in [0.2, 0.25) is 0 Å². The molecule has 2 aliphatic heterocycles. The number of alkyl halides is 1. The Bertz CT molecular complexity index is 1340. The molecule has 1 aromatic heterocycles. The number of carbonyl (C=O) groups is 6. The molecule has 41 heavy (non-hydrogen) atoms. The van der Waals surface area contributed by atoms with Gasteiger partial charge in [0.2, 0.25) is 0 Å². The first-order chi connectivity index (χ1) is 19.3. The molecule has 1 saturated heterocycles. The van der Waals surface area contributed by atoms with Gasteiger partial charge >= 0.3 is 14.1 Å². The predicted octanol–water partition coefficient (Wildman–Crippen LogP) is 0.0985. The molecule has 3 amide bonds. The Labute approximate surface area is 254 Å². The SMILES string of the molecule is [B]OC(=O)C[C@@H](C=O)O/N=C(\C(=O)N[C@@H]1C(=O)N2C(C=O)=C(CI)CS(=O)[C@H]12)c1csc(NC(=O)OC(C)(C)C)n1. The molecule has 1 fully saturated rings. The lowest BCUT2D eigenvalue weighted by atomic mass is 10.0. The largest absolute Gasteiger partial charge is 0.543 e. The number of oxime groups is 1. The highest BCUT2D eigenvalue weighted by Gasteiger charge is 2.55. The number of anilines is 1. The van der Waals surface area contributed by atoms with Crippen LogP contribution in [0.5, 0.6) is 0 Å². The summed E-state index contributed by atoms with van der Waals surface area (Å²) >= 11 is 2.90. The summed E-state index contributed by atoms with van der Waals surface area (Å²) in [6, 6.07) is -1.27. The zero-order valence-electron chi connectivity index (χ0n) is 21.8. The van der Waals surface area contributed by atoms with Crippen LogP contribution in [0, 0.1) is 0 Å². The van der Waals surface area contributed by atoms with Crippen LogP contribution in [0.1, 0.15) is 32.9 Å². The van der Waals surface area contributed by atoms with Gasteiger partial charge in [0.05, 0.1) is 22.9 Å². The van der Waals surface area contributed by atoms with Gasteiger partial charge in [-0.1, -0.05) is 27.7 Å². The summed E-state index contributed by atoms with van der Waals surface area (Å²) in [6.07, 6.45) is -2.20. The molecule has 4 atom stereocenters. The first-order valence-electron chi connectivity index (χ1n) is 11.6. The minimum atomic E-state index is -1.62. The molecule has 0 saturated carbocycles. The van der Waals surface area contributed by atoms with E-state index in [4.69, 9.17) is 17.6 Å². The maximum absolute atomic E-state index is 13.3. The number of aromatic nitrogens is 1. The van der Waals surface area contributed by atoms with Gasteiger partial charge in [-0.3, -0.25) is 38.4 Å². The minimum Gasteiger partial charge on any atom is -0.543 e. The van der Waals surface area contributed by atoms with Crippen molar-refractivity contribution in [3.63, 3.8) is 0 Å². The van der Waals surface area contributed by atoms with Crippen LogP contribution >= 0.6 is 33.9 Å². The number of fused-ring (bicyclic) bond motifs is 1. The molecule has 0 bridgehead atoms. The highest BCUT2D eigenvalue weighted by atomic mass is 127. The lowest BCUT2D eigenvalue weighted by Crippen LogP contribution is -2.73. The van der Waals surface area contributed by atoms with Gasteiger partial charge in [-0.15, -0.1) is 11.3 Å². The average Bonchev–Trinajstić information content (AvgIpc) is 3.36. The molecule has 0 aliphatic carbocycles. The topological polar surface area (TPSA) is 200 Å². The van der Waals surface area contributed by atoms with E-state index in [9.17, 15) is 33.0 Å². The van der Waals surface area contributed by atoms with Crippen molar-refractivity contribution < 1.29 is 47.2 Å². The highest BCUT2D eigenvalue weighted by Crippen LogP contribution is 2.34. The zero-order chi connectivity index (χ0) is 30.5. The van der Waals surface area contributed by atoms with Gasteiger partial charge in [-0.05, 0) is 26.3 Å². The summed E-state index contributed by atoms with van der Waals surface area (Å²) in [6.45, 7) is 4.98. The number of nitrogens with zero attached hydrogens (tertiary/aromatic N) is 3. The fourth-order valence-electron chi connectivity index (χ4n) is 3.56. The lowest BCUT2D eigenvalue weighted by molar-refractivity contribution is -0.146. The number of thiazole rings is 1. The maximum atomic E-state index is 13.3. The van der Waals surface area contributed by atoms with Crippen LogP contribution < -0.4 is 10.6 Å². The van der Waals surface area contributed by atoms with Crippen LogP contribution in [0.25, 0.3) is 0 Å². The Kier molecular flexibility index (Phi) is 10.8. The van der Waals surface area contributed by atoms with Gasteiger partial charge in [0.15, 0.2) is 29.5 Å². The Morgan fingerprint density at radius 1 is 1.37 bits per heavy atom.